The summed E-state index contributed by atoms with van der Waals surface area (Å²) < 4.78 is 0. The molecule has 2 fully saturated rings. The number of aliphatic hydroxyl groups excluding tert-OH is 1. The molecular formula is C16H27NO. The Balaban J connectivity index is 1.61. The van der Waals surface area contributed by atoms with Crippen LogP contribution in [-0.4, -0.2) is 36.2 Å². The number of likely N-dealkylation sites (tertiary alicyclic amines) is 1. The maximum absolute atomic E-state index is 9.32. The summed E-state index contributed by atoms with van der Waals surface area (Å²) in [6, 6.07) is 0. The topological polar surface area (TPSA) is 23.5 Å². The van der Waals surface area contributed by atoms with Gasteiger partial charge in [0.05, 0.1) is 0 Å². The number of aliphatic hydroxyl groups is 1. The Labute approximate surface area is 111 Å². The third-order valence-corrected chi connectivity index (χ3v) is 5.85. The summed E-state index contributed by atoms with van der Waals surface area (Å²) in [5, 5.41) is 9.32. The molecule has 2 bridgehead atoms. The van der Waals surface area contributed by atoms with Crippen molar-refractivity contribution in [2.75, 3.05) is 26.2 Å². The van der Waals surface area contributed by atoms with E-state index in [1.807, 2.05) is 0 Å². The molecule has 3 unspecified atom stereocenters. The molecule has 1 saturated carbocycles. The molecule has 4 rings (SSSR count). The van der Waals surface area contributed by atoms with E-state index in [9.17, 15) is 5.11 Å². The number of rotatable bonds is 3. The number of hydrogen-bond donors (Lipinski definition) is 1. The highest BCUT2D eigenvalue weighted by atomic mass is 16.3. The number of nitrogens with zero attached hydrogens (tertiary/aromatic N) is 1. The van der Waals surface area contributed by atoms with Crippen LogP contribution in [0.2, 0.25) is 0 Å². The summed E-state index contributed by atoms with van der Waals surface area (Å²) >= 11 is 0. The van der Waals surface area contributed by atoms with Gasteiger partial charge in [0.25, 0.3) is 0 Å². The maximum Gasteiger partial charge on any atom is 0.0471 e. The zero-order valence-corrected chi connectivity index (χ0v) is 11.9. The van der Waals surface area contributed by atoms with Gasteiger partial charge in [-0.05, 0) is 55.4 Å². The van der Waals surface area contributed by atoms with Crippen LogP contribution in [0.3, 0.4) is 0 Å². The first-order valence-electron chi connectivity index (χ1n) is 7.63. The van der Waals surface area contributed by atoms with Crippen LogP contribution in [0.1, 0.15) is 39.5 Å². The molecule has 1 N–H and O–H groups in total. The summed E-state index contributed by atoms with van der Waals surface area (Å²) in [5.74, 6) is 2.30. The number of hydrogen-bond acceptors (Lipinski definition) is 2. The van der Waals surface area contributed by atoms with Crippen LogP contribution >= 0.6 is 0 Å². The summed E-state index contributed by atoms with van der Waals surface area (Å²) in [5.41, 5.74) is 2.25. The van der Waals surface area contributed by atoms with E-state index >= 15 is 0 Å². The SMILES string of the molecule is CC1(C)C2CC=C(CN3CCCC(CO)C3)C1C2. The molecule has 3 atom stereocenters. The minimum absolute atomic E-state index is 0.368. The van der Waals surface area contributed by atoms with Crippen molar-refractivity contribution in [2.45, 2.75) is 39.5 Å². The van der Waals surface area contributed by atoms with Crippen LogP contribution in [-0.2, 0) is 0 Å². The van der Waals surface area contributed by atoms with Gasteiger partial charge in [0.15, 0.2) is 0 Å². The summed E-state index contributed by atoms with van der Waals surface area (Å²) in [7, 11) is 0. The van der Waals surface area contributed by atoms with Crippen molar-refractivity contribution < 1.29 is 5.11 Å². The first-order valence-corrected chi connectivity index (χ1v) is 7.63. The smallest absolute Gasteiger partial charge is 0.0471 e. The van der Waals surface area contributed by atoms with Crippen LogP contribution in [0.25, 0.3) is 0 Å². The monoisotopic (exact) mass is 249 g/mol. The van der Waals surface area contributed by atoms with Crippen LogP contribution in [0.5, 0.6) is 0 Å². The van der Waals surface area contributed by atoms with Crippen LogP contribution < -0.4 is 0 Å². The van der Waals surface area contributed by atoms with Gasteiger partial charge in [-0.25, -0.2) is 0 Å². The second-order valence-corrected chi connectivity index (χ2v) is 7.25. The van der Waals surface area contributed by atoms with Crippen molar-refractivity contribution in [3.05, 3.63) is 11.6 Å². The van der Waals surface area contributed by atoms with Crippen molar-refractivity contribution in [3.8, 4) is 0 Å². The minimum Gasteiger partial charge on any atom is -0.396 e. The van der Waals surface area contributed by atoms with E-state index < -0.39 is 0 Å². The average Bonchev–Trinajstić information content (AvgIpc) is 2.39. The molecule has 4 aliphatic rings. The number of fused-ring (bicyclic) bond motifs is 1. The van der Waals surface area contributed by atoms with Gasteiger partial charge >= 0.3 is 0 Å². The predicted octanol–water partition coefficient (Wildman–Crippen LogP) is 2.68. The molecule has 0 aromatic heterocycles. The Bertz CT molecular complexity index is 347. The highest BCUT2D eigenvalue weighted by Gasteiger charge is 2.51. The lowest BCUT2D eigenvalue weighted by atomic mass is 9.49. The fraction of sp³-hybridized carbons (Fsp3) is 0.875. The number of piperidine rings is 1. The van der Waals surface area contributed by atoms with Gasteiger partial charge in [0, 0.05) is 19.7 Å². The Kier molecular flexibility index (Phi) is 3.27. The molecule has 3 aliphatic carbocycles. The lowest BCUT2D eigenvalue weighted by Gasteiger charge is -2.57. The molecule has 1 heterocycles. The summed E-state index contributed by atoms with van der Waals surface area (Å²) in [6.07, 6.45) is 7.72. The van der Waals surface area contributed by atoms with Gasteiger partial charge in [0.1, 0.15) is 0 Å². The van der Waals surface area contributed by atoms with Crippen molar-refractivity contribution in [1.82, 2.24) is 4.90 Å². The zero-order chi connectivity index (χ0) is 12.8. The average molecular weight is 249 g/mol. The summed E-state index contributed by atoms with van der Waals surface area (Å²) in [6.45, 7) is 8.76. The van der Waals surface area contributed by atoms with Gasteiger partial charge in [-0.15, -0.1) is 0 Å². The lowest BCUT2D eigenvalue weighted by molar-refractivity contribution is -0.0123. The fourth-order valence-corrected chi connectivity index (χ4v) is 4.36. The molecular weight excluding hydrogens is 222 g/mol. The molecule has 2 nitrogen and oxygen atoms in total. The van der Waals surface area contributed by atoms with Gasteiger partial charge < -0.3 is 5.11 Å². The molecule has 0 spiro atoms. The normalized spacial score (nSPS) is 39.1. The molecule has 0 amide bonds. The minimum atomic E-state index is 0.368. The Hall–Kier alpha value is -0.340. The van der Waals surface area contributed by atoms with E-state index in [4.69, 9.17) is 0 Å². The standard InChI is InChI=1S/C16H27NO/c1-16(2)14-6-5-13(15(16)8-14)10-17-7-3-4-12(9-17)11-18/h5,12,14-15,18H,3-4,6-11H2,1-2H3. The van der Waals surface area contributed by atoms with Crippen molar-refractivity contribution in [3.63, 3.8) is 0 Å². The zero-order valence-electron chi connectivity index (χ0n) is 11.9. The van der Waals surface area contributed by atoms with E-state index in [0.717, 1.165) is 24.9 Å². The molecule has 1 aliphatic heterocycles. The molecule has 0 aromatic carbocycles. The van der Waals surface area contributed by atoms with Crippen molar-refractivity contribution in [2.24, 2.45) is 23.2 Å². The second kappa shape index (κ2) is 4.64. The van der Waals surface area contributed by atoms with Crippen LogP contribution in [0.15, 0.2) is 11.6 Å². The Morgan fingerprint density at radius 3 is 2.94 bits per heavy atom. The lowest BCUT2D eigenvalue weighted by Crippen LogP contribution is -2.50. The van der Waals surface area contributed by atoms with E-state index in [1.165, 1.54) is 32.2 Å². The molecule has 1 saturated heterocycles. The third kappa shape index (κ3) is 2.04. The first-order chi connectivity index (χ1) is 8.61. The summed E-state index contributed by atoms with van der Waals surface area (Å²) in [4.78, 5) is 2.57. The largest absolute Gasteiger partial charge is 0.396 e. The number of allylic oxidation sites excluding steroid dienone is 1. The van der Waals surface area contributed by atoms with Gasteiger partial charge in [-0.1, -0.05) is 25.5 Å². The first kappa shape index (κ1) is 12.7. The molecule has 102 valence electrons. The van der Waals surface area contributed by atoms with E-state index in [2.05, 4.69) is 24.8 Å². The fourth-order valence-electron chi connectivity index (χ4n) is 4.36. The maximum atomic E-state index is 9.32. The molecule has 0 aromatic rings. The molecule has 0 radical (unpaired) electrons. The quantitative estimate of drug-likeness (QED) is 0.777. The Morgan fingerprint density at radius 2 is 2.28 bits per heavy atom. The Morgan fingerprint density at radius 1 is 1.44 bits per heavy atom. The second-order valence-electron chi connectivity index (χ2n) is 7.25. The highest BCUT2D eigenvalue weighted by Crippen LogP contribution is 2.59. The third-order valence-electron chi connectivity index (χ3n) is 5.85. The van der Waals surface area contributed by atoms with Crippen molar-refractivity contribution >= 4 is 0 Å². The molecule has 18 heavy (non-hydrogen) atoms. The van der Waals surface area contributed by atoms with Gasteiger partial charge in [0.2, 0.25) is 0 Å². The van der Waals surface area contributed by atoms with E-state index in [-0.39, 0.29) is 0 Å². The van der Waals surface area contributed by atoms with E-state index in [0.29, 0.717) is 17.9 Å². The van der Waals surface area contributed by atoms with Crippen molar-refractivity contribution in [1.29, 1.82) is 0 Å². The predicted molar refractivity (Wildman–Crippen MR) is 74.3 cm³/mol. The van der Waals surface area contributed by atoms with Gasteiger partial charge in [-0.2, -0.15) is 0 Å². The highest BCUT2D eigenvalue weighted by molar-refractivity contribution is 5.24. The van der Waals surface area contributed by atoms with Gasteiger partial charge in [-0.3, -0.25) is 4.90 Å². The van der Waals surface area contributed by atoms with E-state index in [1.54, 1.807) is 5.57 Å². The van der Waals surface area contributed by atoms with Crippen LogP contribution in [0.4, 0.5) is 0 Å². The van der Waals surface area contributed by atoms with Crippen LogP contribution in [0, 0.1) is 23.2 Å². The molecule has 2 heteroatoms.